The number of carbonyl (C=O) groups excluding carboxylic acids is 1. The third kappa shape index (κ3) is 5.29. The van der Waals surface area contributed by atoms with Crippen LogP contribution < -0.4 is 4.90 Å². The fourth-order valence-corrected chi connectivity index (χ4v) is 4.97. The summed E-state index contributed by atoms with van der Waals surface area (Å²) in [6.45, 7) is 5.86. The van der Waals surface area contributed by atoms with Gasteiger partial charge in [0.15, 0.2) is 0 Å². The normalized spacial score (nSPS) is 17.1. The molecule has 0 radical (unpaired) electrons. The van der Waals surface area contributed by atoms with Crippen LogP contribution in [0.5, 0.6) is 0 Å². The molecule has 1 aliphatic heterocycles. The molecule has 194 valence electrons. The molecule has 4 rings (SSSR count). The van der Waals surface area contributed by atoms with Gasteiger partial charge in [0.2, 0.25) is 10.9 Å². The predicted octanol–water partition coefficient (Wildman–Crippen LogP) is 4.19. The molecule has 0 aromatic carbocycles. The van der Waals surface area contributed by atoms with E-state index in [9.17, 15) is 31.1 Å². The summed E-state index contributed by atoms with van der Waals surface area (Å²) in [5.41, 5.74) is -1.22. The number of pyridine rings is 1. The van der Waals surface area contributed by atoms with E-state index < -0.39 is 23.1 Å². The second-order valence-corrected chi connectivity index (χ2v) is 9.32. The van der Waals surface area contributed by atoms with Crippen LogP contribution in [0, 0.1) is 13.8 Å². The van der Waals surface area contributed by atoms with E-state index in [1.807, 2.05) is 0 Å². The van der Waals surface area contributed by atoms with Gasteiger partial charge in [0.1, 0.15) is 34.6 Å². The number of rotatable bonds is 4. The molecule has 3 aromatic heterocycles. The minimum absolute atomic E-state index is 0.0156. The Balaban J connectivity index is 1.57. The lowest BCUT2D eigenvalue weighted by Gasteiger charge is -2.40. The zero-order valence-corrected chi connectivity index (χ0v) is 20.2. The fraction of sp³-hybridized carbons (Fsp3) is 0.476. The average molecular weight is 534 g/mol. The summed E-state index contributed by atoms with van der Waals surface area (Å²) >= 11 is 0.411. The molecular weight excluding hydrogens is 512 g/mol. The minimum atomic E-state index is -4.73. The Bertz CT molecular complexity index is 1250. The van der Waals surface area contributed by atoms with E-state index in [1.54, 1.807) is 30.6 Å². The zero-order chi connectivity index (χ0) is 26.4. The second kappa shape index (κ2) is 9.33. The molecule has 36 heavy (non-hydrogen) atoms. The van der Waals surface area contributed by atoms with Gasteiger partial charge in [0.05, 0.1) is 0 Å². The number of alkyl halides is 6. The van der Waals surface area contributed by atoms with Crippen molar-refractivity contribution in [2.24, 2.45) is 0 Å². The molecule has 0 aliphatic carbocycles. The van der Waals surface area contributed by atoms with Gasteiger partial charge in [-0.05, 0) is 32.9 Å². The van der Waals surface area contributed by atoms with Crippen molar-refractivity contribution in [2.75, 3.05) is 24.5 Å². The van der Waals surface area contributed by atoms with E-state index >= 15 is 0 Å². The van der Waals surface area contributed by atoms with Gasteiger partial charge in [-0.2, -0.15) is 31.4 Å². The molecule has 1 amide bonds. The van der Waals surface area contributed by atoms with Crippen LogP contribution in [0.4, 0.5) is 31.3 Å². The highest BCUT2D eigenvalue weighted by molar-refractivity contribution is 7.16. The summed E-state index contributed by atoms with van der Waals surface area (Å²) in [6, 6.07) is 1.41. The van der Waals surface area contributed by atoms with Gasteiger partial charge in [-0.3, -0.25) is 9.78 Å². The van der Waals surface area contributed by atoms with Crippen molar-refractivity contribution in [3.05, 3.63) is 40.7 Å². The molecule has 8 nitrogen and oxygen atoms in total. The SMILES string of the molecule is Cc1nc(C)n(CC(=O)N2CCN(c3sc(C(F)(F)F)nc3-c3ccc(C(F)(F)F)nc3)CC2C)n1. The van der Waals surface area contributed by atoms with Crippen LogP contribution in [0.1, 0.15) is 29.3 Å². The molecule has 0 saturated carbocycles. The molecule has 4 heterocycles. The standard InChI is InChI=1S/C21H21F6N7OS/c1-11-9-32(6-7-33(11)16(35)10-34-13(3)29-12(2)31-34)18-17(30-19(36-18)21(25,26)27)14-4-5-15(28-8-14)20(22,23)24/h4-5,8,11H,6-7,9-10H2,1-3H3. The minimum Gasteiger partial charge on any atom is -0.358 e. The molecular formula is C21H21F6N7OS. The number of piperazine rings is 1. The number of halogens is 6. The van der Waals surface area contributed by atoms with Crippen LogP contribution >= 0.6 is 11.3 Å². The van der Waals surface area contributed by atoms with Crippen molar-refractivity contribution in [1.29, 1.82) is 0 Å². The first kappa shape index (κ1) is 25.9. The average Bonchev–Trinajstić information content (AvgIpc) is 3.36. The van der Waals surface area contributed by atoms with Gasteiger partial charge in [-0.1, -0.05) is 11.3 Å². The van der Waals surface area contributed by atoms with E-state index in [4.69, 9.17) is 0 Å². The molecule has 0 spiro atoms. The second-order valence-electron chi connectivity index (χ2n) is 8.35. The first-order chi connectivity index (χ1) is 16.7. The van der Waals surface area contributed by atoms with E-state index in [0.717, 1.165) is 12.3 Å². The van der Waals surface area contributed by atoms with Crippen molar-refractivity contribution in [3.8, 4) is 11.3 Å². The fourth-order valence-electron chi connectivity index (χ4n) is 3.98. The van der Waals surface area contributed by atoms with Crippen molar-refractivity contribution >= 4 is 22.2 Å². The number of thiazole rings is 1. The molecule has 1 fully saturated rings. The molecule has 3 aromatic rings. The van der Waals surface area contributed by atoms with Gasteiger partial charge in [-0.15, -0.1) is 0 Å². The molecule has 0 bridgehead atoms. The van der Waals surface area contributed by atoms with Crippen molar-refractivity contribution in [2.45, 2.75) is 45.7 Å². The Morgan fingerprint density at radius 3 is 2.33 bits per heavy atom. The lowest BCUT2D eigenvalue weighted by Crippen LogP contribution is -2.54. The highest BCUT2D eigenvalue weighted by atomic mass is 32.1. The van der Waals surface area contributed by atoms with Crippen LogP contribution in [-0.2, 0) is 23.7 Å². The Hall–Kier alpha value is -3.23. The van der Waals surface area contributed by atoms with Crippen LogP contribution in [-0.4, -0.2) is 61.2 Å². The van der Waals surface area contributed by atoms with Crippen LogP contribution in [0.3, 0.4) is 0 Å². The van der Waals surface area contributed by atoms with Gasteiger partial charge < -0.3 is 9.80 Å². The summed E-state index contributed by atoms with van der Waals surface area (Å²) in [7, 11) is 0. The summed E-state index contributed by atoms with van der Waals surface area (Å²) in [5, 5.41) is 3.23. The summed E-state index contributed by atoms with van der Waals surface area (Å²) in [4.78, 5) is 27.4. The van der Waals surface area contributed by atoms with Gasteiger partial charge >= 0.3 is 12.4 Å². The number of nitrogens with zero attached hydrogens (tertiary/aromatic N) is 7. The zero-order valence-electron chi connectivity index (χ0n) is 19.4. The van der Waals surface area contributed by atoms with Crippen LogP contribution in [0.15, 0.2) is 18.3 Å². The van der Waals surface area contributed by atoms with E-state index in [2.05, 4.69) is 20.1 Å². The topological polar surface area (TPSA) is 80.0 Å². The van der Waals surface area contributed by atoms with Crippen molar-refractivity contribution < 1.29 is 31.1 Å². The van der Waals surface area contributed by atoms with E-state index in [0.29, 0.717) is 29.1 Å². The Kier molecular flexibility index (Phi) is 6.70. The highest BCUT2D eigenvalue weighted by Gasteiger charge is 2.39. The first-order valence-electron chi connectivity index (χ1n) is 10.8. The maximum Gasteiger partial charge on any atom is 0.443 e. The molecule has 1 saturated heterocycles. The number of hydrogen-bond acceptors (Lipinski definition) is 7. The van der Waals surface area contributed by atoms with Gasteiger partial charge in [0.25, 0.3) is 0 Å². The third-order valence-electron chi connectivity index (χ3n) is 5.66. The van der Waals surface area contributed by atoms with Crippen molar-refractivity contribution in [1.82, 2.24) is 29.6 Å². The summed E-state index contributed by atoms with van der Waals surface area (Å²) in [6.07, 6.45) is -8.54. The Morgan fingerprint density at radius 2 is 1.81 bits per heavy atom. The van der Waals surface area contributed by atoms with E-state index in [-0.39, 0.29) is 54.4 Å². The molecule has 1 atom stereocenters. The van der Waals surface area contributed by atoms with Gasteiger partial charge in [0, 0.05) is 37.4 Å². The quantitative estimate of drug-likeness (QED) is 0.468. The monoisotopic (exact) mass is 533 g/mol. The van der Waals surface area contributed by atoms with Crippen LogP contribution in [0.25, 0.3) is 11.3 Å². The number of aromatic nitrogens is 5. The number of amides is 1. The van der Waals surface area contributed by atoms with Crippen LogP contribution in [0.2, 0.25) is 0 Å². The van der Waals surface area contributed by atoms with Gasteiger partial charge in [-0.25, -0.2) is 14.6 Å². The third-order valence-corrected chi connectivity index (χ3v) is 6.82. The Morgan fingerprint density at radius 1 is 1.08 bits per heavy atom. The maximum absolute atomic E-state index is 13.5. The number of hydrogen-bond donors (Lipinski definition) is 0. The number of carbonyl (C=O) groups is 1. The Labute approximate surface area is 205 Å². The molecule has 15 heteroatoms. The van der Waals surface area contributed by atoms with E-state index in [1.165, 1.54) is 4.68 Å². The maximum atomic E-state index is 13.5. The summed E-state index contributed by atoms with van der Waals surface area (Å²) < 4.78 is 80.6. The lowest BCUT2D eigenvalue weighted by atomic mass is 10.1. The largest absolute Gasteiger partial charge is 0.443 e. The molecule has 0 N–H and O–H groups in total. The smallest absolute Gasteiger partial charge is 0.358 e. The molecule has 1 aliphatic rings. The van der Waals surface area contributed by atoms with Crippen molar-refractivity contribution in [3.63, 3.8) is 0 Å². The molecule has 1 unspecified atom stereocenters. The summed E-state index contributed by atoms with van der Waals surface area (Å²) in [5.74, 6) is 0.919. The number of anilines is 1. The lowest BCUT2D eigenvalue weighted by molar-refractivity contribution is -0.141. The highest BCUT2D eigenvalue weighted by Crippen LogP contribution is 2.43. The number of aryl methyl sites for hydroxylation is 2. The first-order valence-corrected chi connectivity index (χ1v) is 11.6. The predicted molar refractivity (Wildman–Crippen MR) is 118 cm³/mol.